The Bertz CT molecular complexity index is 940. The van der Waals surface area contributed by atoms with Crippen LogP contribution in [-0.2, 0) is 21.2 Å². The van der Waals surface area contributed by atoms with Crippen LogP contribution in [0.1, 0.15) is 30.0 Å². The summed E-state index contributed by atoms with van der Waals surface area (Å²) in [6.45, 7) is 6.12. The number of sulfone groups is 1. The molecule has 150 valence electrons. The van der Waals surface area contributed by atoms with Crippen molar-refractivity contribution in [2.75, 3.05) is 11.5 Å². The van der Waals surface area contributed by atoms with Crippen LogP contribution < -0.4 is 4.74 Å². The van der Waals surface area contributed by atoms with Gasteiger partial charge in [0.2, 0.25) is 0 Å². The van der Waals surface area contributed by atoms with Crippen LogP contribution in [0, 0.1) is 13.8 Å². The molecule has 0 radical (unpaired) electrons. The number of benzene rings is 2. The third-order valence-corrected chi connectivity index (χ3v) is 7.02. The predicted molar refractivity (Wildman–Crippen MR) is 110 cm³/mol. The lowest BCUT2D eigenvalue weighted by Gasteiger charge is -2.31. The second kappa shape index (κ2) is 8.35. The Balaban J connectivity index is 1.79. The van der Waals surface area contributed by atoms with Gasteiger partial charge in [0.1, 0.15) is 5.75 Å². The molecule has 0 N–H and O–H groups in total. The standard InChI is InChI=1S/C22H27NO4S/c1-16-9-10-21(13-17(16)2)27-18(3)22(24)23(14-19-7-5-4-6-8-19)20-11-12-28(25,26)15-20/h4-10,13,18,20H,11-12,14-15H2,1-3H3. The monoisotopic (exact) mass is 401 g/mol. The van der Waals surface area contributed by atoms with Crippen LogP contribution in [-0.4, -0.2) is 42.9 Å². The average Bonchev–Trinajstić information content (AvgIpc) is 3.02. The van der Waals surface area contributed by atoms with Gasteiger partial charge in [-0.1, -0.05) is 36.4 Å². The van der Waals surface area contributed by atoms with Crippen molar-refractivity contribution in [3.63, 3.8) is 0 Å². The largest absolute Gasteiger partial charge is 0.481 e. The maximum atomic E-state index is 13.2. The average molecular weight is 402 g/mol. The van der Waals surface area contributed by atoms with E-state index < -0.39 is 15.9 Å². The first-order chi connectivity index (χ1) is 13.2. The summed E-state index contributed by atoms with van der Waals surface area (Å²) in [7, 11) is -3.10. The molecule has 28 heavy (non-hydrogen) atoms. The van der Waals surface area contributed by atoms with Crippen LogP contribution in [0.15, 0.2) is 48.5 Å². The lowest BCUT2D eigenvalue weighted by atomic mass is 10.1. The summed E-state index contributed by atoms with van der Waals surface area (Å²) in [4.78, 5) is 14.9. The van der Waals surface area contributed by atoms with E-state index in [2.05, 4.69) is 0 Å². The molecule has 0 aromatic heterocycles. The molecule has 2 aromatic rings. The molecule has 0 spiro atoms. The zero-order valence-corrected chi connectivity index (χ0v) is 17.4. The first-order valence-electron chi connectivity index (χ1n) is 9.54. The molecule has 1 amide bonds. The van der Waals surface area contributed by atoms with Crippen molar-refractivity contribution in [1.82, 2.24) is 4.90 Å². The quantitative estimate of drug-likeness (QED) is 0.745. The van der Waals surface area contributed by atoms with Crippen LogP contribution in [0.4, 0.5) is 0 Å². The Kier molecular flexibility index (Phi) is 6.08. The third-order valence-electron chi connectivity index (χ3n) is 5.27. The molecule has 2 unspecified atom stereocenters. The van der Waals surface area contributed by atoms with E-state index in [9.17, 15) is 13.2 Å². The fraction of sp³-hybridized carbons (Fsp3) is 0.409. The highest BCUT2D eigenvalue weighted by atomic mass is 32.2. The lowest BCUT2D eigenvalue weighted by Crippen LogP contribution is -2.46. The molecule has 2 aromatic carbocycles. The Morgan fingerprint density at radius 2 is 1.86 bits per heavy atom. The highest BCUT2D eigenvalue weighted by Crippen LogP contribution is 2.23. The number of hydrogen-bond donors (Lipinski definition) is 0. The molecule has 1 fully saturated rings. The van der Waals surface area contributed by atoms with Crippen molar-refractivity contribution < 1.29 is 17.9 Å². The van der Waals surface area contributed by atoms with E-state index in [1.165, 1.54) is 0 Å². The molecule has 5 nitrogen and oxygen atoms in total. The minimum absolute atomic E-state index is 0.0158. The van der Waals surface area contributed by atoms with E-state index in [0.29, 0.717) is 18.7 Å². The van der Waals surface area contributed by atoms with Gasteiger partial charge in [0.25, 0.3) is 5.91 Å². The maximum Gasteiger partial charge on any atom is 0.263 e. The highest BCUT2D eigenvalue weighted by molar-refractivity contribution is 7.91. The molecular weight excluding hydrogens is 374 g/mol. The summed E-state index contributed by atoms with van der Waals surface area (Å²) in [6, 6.07) is 15.1. The Labute approximate surface area is 167 Å². The molecule has 1 heterocycles. The fourth-order valence-corrected chi connectivity index (χ4v) is 5.19. The number of carbonyl (C=O) groups excluding carboxylic acids is 1. The molecule has 6 heteroatoms. The van der Waals surface area contributed by atoms with Crippen molar-refractivity contribution in [3.05, 3.63) is 65.2 Å². The lowest BCUT2D eigenvalue weighted by molar-refractivity contribution is -0.140. The van der Waals surface area contributed by atoms with E-state index in [4.69, 9.17) is 4.74 Å². The molecule has 2 atom stereocenters. The molecule has 0 bridgehead atoms. The van der Waals surface area contributed by atoms with Gasteiger partial charge >= 0.3 is 0 Å². The summed E-state index contributed by atoms with van der Waals surface area (Å²) in [5, 5.41) is 0. The fourth-order valence-electron chi connectivity index (χ4n) is 3.46. The van der Waals surface area contributed by atoms with Gasteiger partial charge in [-0.05, 0) is 56.0 Å². The van der Waals surface area contributed by atoms with E-state index >= 15 is 0 Å². The smallest absolute Gasteiger partial charge is 0.263 e. The van der Waals surface area contributed by atoms with E-state index in [-0.39, 0.29) is 23.5 Å². The van der Waals surface area contributed by atoms with Gasteiger partial charge in [0.15, 0.2) is 15.9 Å². The SMILES string of the molecule is Cc1ccc(OC(C)C(=O)N(Cc2ccccc2)C2CCS(=O)(=O)C2)cc1C. The van der Waals surface area contributed by atoms with Crippen LogP contribution in [0.3, 0.4) is 0 Å². The Hall–Kier alpha value is -2.34. The van der Waals surface area contributed by atoms with Gasteiger partial charge in [0.05, 0.1) is 11.5 Å². The topological polar surface area (TPSA) is 63.7 Å². The van der Waals surface area contributed by atoms with E-state index in [0.717, 1.165) is 16.7 Å². The van der Waals surface area contributed by atoms with Crippen LogP contribution in [0.25, 0.3) is 0 Å². The molecule has 0 saturated carbocycles. The molecule has 3 rings (SSSR count). The van der Waals surface area contributed by atoms with Gasteiger partial charge in [-0.2, -0.15) is 0 Å². The van der Waals surface area contributed by atoms with Crippen molar-refractivity contribution in [2.24, 2.45) is 0 Å². The Morgan fingerprint density at radius 3 is 2.46 bits per heavy atom. The first kappa shape index (κ1) is 20.4. The van der Waals surface area contributed by atoms with Crippen molar-refractivity contribution in [3.8, 4) is 5.75 Å². The summed E-state index contributed by atoms with van der Waals surface area (Å²) < 4.78 is 29.9. The van der Waals surface area contributed by atoms with E-state index in [1.54, 1.807) is 11.8 Å². The number of hydrogen-bond acceptors (Lipinski definition) is 4. The van der Waals surface area contributed by atoms with Crippen molar-refractivity contribution in [1.29, 1.82) is 0 Å². The number of rotatable bonds is 6. The highest BCUT2D eigenvalue weighted by Gasteiger charge is 2.36. The van der Waals surface area contributed by atoms with Gasteiger partial charge in [-0.15, -0.1) is 0 Å². The van der Waals surface area contributed by atoms with Crippen LogP contribution in [0.5, 0.6) is 5.75 Å². The van der Waals surface area contributed by atoms with Crippen molar-refractivity contribution >= 4 is 15.7 Å². The number of ether oxygens (including phenoxy) is 1. The second-order valence-electron chi connectivity index (χ2n) is 7.51. The maximum absolute atomic E-state index is 13.2. The predicted octanol–water partition coefficient (Wildman–Crippen LogP) is 3.29. The summed E-state index contributed by atoms with van der Waals surface area (Å²) >= 11 is 0. The molecule has 0 aliphatic carbocycles. The third kappa shape index (κ3) is 4.93. The number of amides is 1. The van der Waals surface area contributed by atoms with Gasteiger partial charge in [-0.3, -0.25) is 4.79 Å². The second-order valence-corrected chi connectivity index (χ2v) is 9.74. The number of aryl methyl sites for hydroxylation is 2. The number of nitrogens with zero attached hydrogens (tertiary/aromatic N) is 1. The van der Waals surface area contributed by atoms with E-state index in [1.807, 2.05) is 62.4 Å². The molecular formula is C22H27NO4S. The minimum Gasteiger partial charge on any atom is -0.481 e. The van der Waals surface area contributed by atoms with Gasteiger partial charge < -0.3 is 9.64 Å². The van der Waals surface area contributed by atoms with Crippen LogP contribution >= 0.6 is 0 Å². The zero-order valence-electron chi connectivity index (χ0n) is 16.6. The first-order valence-corrected chi connectivity index (χ1v) is 11.4. The summed E-state index contributed by atoms with van der Waals surface area (Å²) in [5.74, 6) is 0.594. The normalized spacial score (nSPS) is 19.2. The minimum atomic E-state index is -3.10. The Morgan fingerprint density at radius 1 is 1.14 bits per heavy atom. The molecule has 1 saturated heterocycles. The van der Waals surface area contributed by atoms with Crippen LogP contribution in [0.2, 0.25) is 0 Å². The summed E-state index contributed by atoms with van der Waals surface area (Å²) in [6.07, 6.45) is -0.230. The zero-order chi connectivity index (χ0) is 20.3. The number of carbonyl (C=O) groups is 1. The van der Waals surface area contributed by atoms with Crippen molar-refractivity contribution in [2.45, 2.75) is 45.9 Å². The molecule has 1 aliphatic rings. The molecule has 1 aliphatic heterocycles. The van der Waals surface area contributed by atoms with Gasteiger partial charge in [0, 0.05) is 12.6 Å². The summed E-state index contributed by atoms with van der Waals surface area (Å²) in [5.41, 5.74) is 3.23. The van der Waals surface area contributed by atoms with Gasteiger partial charge in [-0.25, -0.2) is 8.42 Å².